The molecule has 0 saturated carbocycles. The highest BCUT2D eigenvalue weighted by Gasteiger charge is 2.09. The second-order valence-corrected chi connectivity index (χ2v) is 6.04. The largest absolute Gasteiger partial charge is 0.477 e. The van der Waals surface area contributed by atoms with E-state index in [-0.39, 0.29) is 5.91 Å². The molecule has 0 aliphatic rings. The summed E-state index contributed by atoms with van der Waals surface area (Å²) in [5, 5.41) is 11.8. The molecule has 1 aromatic rings. The lowest BCUT2D eigenvalue weighted by molar-refractivity contribution is -0.121. The van der Waals surface area contributed by atoms with Crippen LogP contribution in [0.1, 0.15) is 27.9 Å². The molecule has 0 spiro atoms. The Morgan fingerprint density at radius 2 is 2.24 bits per heavy atom. The maximum absolute atomic E-state index is 11.5. The van der Waals surface area contributed by atoms with Gasteiger partial charge >= 0.3 is 5.97 Å². The molecular weight excluding hydrogens is 258 g/mol. The Balaban J connectivity index is 2.39. The second-order valence-electron chi connectivity index (χ2n) is 3.60. The third-order valence-corrected chi connectivity index (χ3v) is 4.25. The summed E-state index contributed by atoms with van der Waals surface area (Å²) in [5.41, 5.74) is 0. The van der Waals surface area contributed by atoms with E-state index in [0.717, 1.165) is 4.88 Å². The first-order valence-electron chi connectivity index (χ1n) is 5.14. The highest BCUT2D eigenvalue weighted by molar-refractivity contribution is 7.99. The summed E-state index contributed by atoms with van der Waals surface area (Å²) in [4.78, 5) is 23.3. The molecule has 1 aromatic heterocycles. The highest BCUT2D eigenvalue weighted by Crippen LogP contribution is 2.16. The van der Waals surface area contributed by atoms with Crippen molar-refractivity contribution in [1.82, 2.24) is 5.32 Å². The predicted octanol–water partition coefficient (Wildman–Crippen LogP) is 2.20. The molecule has 6 heteroatoms. The SMILES string of the molecule is CSC(C)CC(=O)NCc1ccc(C(=O)O)s1. The van der Waals surface area contributed by atoms with Crippen LogP contribution in [0.15, 0.2) is 12.1 Å². The van der Waals surface area contributed by atoms with Crippen LogP contribution in [0.3, 0.4) is 0 Å². The number of carboxylic acid groups (broad SMARTS) is 1. The molecule has 94 valence electrons. The van der Waals surface area contributed by atoms with Crippen molar-refractivity contribution < 1.29 is 14.7 Å². The average molecular weight is 273 g/mol. The van der Waals surface area contributed by atoms with E-state index in [1.54, 1.807) is 23.9 Å². The topological polar surface area (TPSA) is 66.4 Å². The number of nitrogens with one attached hydrogen (secondary N) is 1. The summed E-state index contributed by atoms with van der Waals surface area (Å²) >= 11 is 2.83. The van der Waals surface area contributed by atoms with Crippen molar-refractivity contribution in [2.75, 3.05) is 6.26 Å². The molecule has 1 rings (SSSR count). The van der Waals surface area contributed by atoms with Crippen molar-refractivity contribution in [3.63, 3.8) is 0 Å². The van der Waals surface area contributed by atoms with E-state index >= 15 is 0 Å². The minimum atomic E-state index is -0.927. The van der Waals surface area contributed by atoms with Gasteiger partial charge in [-0.1, -0.05) is 6.92 Å². The Bertz CT molecular complexity index is 403. The number of carboxylic acids is 1. The average Bonchev–Trinajstić information content (AvgIpc) is 2.75. The second kappa shape index (κ2) is 6.66. The highest BCUT2D eigenvalue weighted by atomic mass is 32.2. The monoisotopic (exact) mass is 273 g/mol. The fraction of sp³-hybridized carbons (Fsp3) is 0.455. The van der Waals surface area contributed by atoms with Crippen molar-refractivity contribution in [1.29, 1.82) is 0 Å². The van der Waals surface area contributed by atoms with Gasteiger partial charge in [-0.2, -0.15) is 11.8 Å². The molecule has 2 N–H and O–H groups in total. The number of amides is 1. The van der Waals surface area contributed by atoms with Crippen LogP contribution in [-0.4, -0.2) is 28.5 Å². The smallest absolute Gasteiger partial charge is 0.345 e. The van der Waals surface area contributed by atoms with Gasteiger partial charge in [0.25, 0.3) is 0 Å². The third kappa shape index (κ3) is 4.79. The quantitative estimate of drug-likeness (QED) is 0.834. The van der Waals surface area contributed by atoms with Gasteiger partial charge in [0.1, 0.15) is 4.88 Å². The molecule has 0 bridgehead atoms. The van der Waals surface area contributed by atoms with Crippen molar-refractivity contribution >= 4 is 35.0 Å². The molecule has 0 aliphatic heterocycles. The third-order valence-electron chi connectivity index (χ3n) is 2.21. The lowest BCUT2D eigenvalue weighted by Gasteiger charge is -2.07. The molecule has 0 aromatic carbocycles. The number of aromatic carboxylic acids is 1. The first-order valence-corrected chi connectivity index (χ1v) is 7.25. The fourth-order valence-electron chi connectivity index (χ4n) is 1.19. The van der Waals surface area contributed by atoms with E-state index in [2.05, 4.69) is 5.32 Å². The first kappa shape index (κ1) is 14.1. The van der Waals surface area contributed by atoms with Gasteiger partial charge in [0.15, 0.2) is 0 Å². The molecule has 4 nitrogen and oxygen atoms in total. The molecule has 17 heavy (non-hydrogen) atoms. The van der Waals surface area contributed by atoms with Crippen LogP contribution in [0.25, 0.3) is 0 Å². The Morgan fingerprint density at radius 3 is 2.76 bits per heavy atom. The number of thiophene rings is 1. The number of carbonyl (C=O) groups excluding carboxylic acids is 1. The minimum Gasteiger partial charge on any atom is -0.477 e. The van der Waals surface area contributed by atoms with Crippen molar-refractivity contribution in [3.05, 3.63) is 21.9 Å². The summed E-state index contributed by atoms with van der Waals surface area (Å²) < 4.78 is 0. The van der Waals surface area contributed by atoms with Gasteiger partial charge < -0.3 is 10.4 Å². The Labute approximate surface area is 108 Å². The lowest BCUT2D eigenvalue weighted by Crippen LogP contribution is -2.24. The van der Waals surface area contributed by atoms with Crippen molar-refractivity contribution in [2.45, 2.75) is 25.1 Å². The number of carbonyl (C=O) groups is 2. The maximum Gasteiger partial charge on any atom is 0.345 e. The van der Waals surface area contributed by atoms with Gasteiger partial charge in [0.2, 0.25) is 5.91 Å². The van der Waals surface area contributed by atoms with E-state index in [4.69, 9.17) is 5.11 Å². The van der Waals surface area contributed by atoms with E-state index in [1.807, 2.05) is 13.2 Å². The Morgan fingerprint density at radius 1 is 1.53 bits per heavy atom. The summed E-state index contributed by atoms with van der Waals surface area (Å²) in [6.07, 6.45) is 2.45. The van der Waals surface area contributed by atoms with Gasteiger partial charge in [-0.05, 0) is 18.4 Å². The van der Waals surface area contributed by atoms with Crippen LogP contribution in [0.5, 0.6) is 0 Å². The van der Waals surface area contributed by atoms with E-state index < -0.39 is 5.97 Å². The van der Waals surface area contributed by atoms with E-state index in [9.17, 15) is 9.59 Å². The van der Waals surface area contributed by atoms with Gasteiger partial charge in [0.05, 0.1) is 6.54 Å². The summed E-state index contributed by atoms with van der Waals surface area (Å²) in [6.45, 7) is 2.40. The van der Waals surface area contributed by atoms with Crippen LogP contribution in [0.2, 0.25) is 0 Å². The number of hydrogen-bond acceptors (Lipinski definition) is 4. The van der Waals surface area contributed by atoms with Crippen LogP contribution in [0, 0.1) is 0 Å². The Hall–Kier alpha value is -1.01. The number of thioether (sulfide) groups is 1. The Kier molecular flexibility index (Phi) is 5.50. The zero-order valence-electron chi connectivity index (χ0n) is 9.73. The predicted molar refractivity (Wildman–Crippen MR) is 70.7 cm³/mol. The normalized spacial score (nSPS) is 12.1. The van der Waals surface area contributed by atoms with Gasteiger partial charge in [-0.15, -0.1) is 11.3 Å². The molecule has 0 saturated heterocycles. The number of hydrogen-bond donors (Lipinski definition) is 2. The summed E-state index contributed by atoms with van der Waals surface area (Å²) in [7, 11) is 0. The molecule has 1 heterocycles. The van der Waals surface area contributed by atoms with Gasteiger partial charge in [-0.25, -0.2) is 4.79 Å². The van der Waals surface area contributed by atoms with Crippen LogP contribution >= 0.6 is 23.1 Å². The zero-order valence-corrected chi connectivity index (χ0v) is 11.4. The number of rotatable bonds is 6. The van der Waals surface area contributed by atoms with E-state index in [1.165, 1.54) is 11.3 Å². The first-order chi connectivity index (χ1) is 8.02. The molecule has 0 radical (unpaired) electrons. The van der Waals surface area contributed by atoms with Crippen LogP contribution in [-0.2, 0) is 11.3 Å². The summed E-state index contributed by atoms with van der Waals surface area (Å²) in [5.74, 6) is -0.930. The molecule has 1 atom stereocenters. The zero-order chi connectivity index (χ0) is 12.8. The standard InChI is InChI=1S/C11H15NO3S2/c1-7(16-2)5-10(13)12-6-8-3-4-9(17-8)11(14)15/h3-4,7H,5-6H2,1-2H3,(H,12,13)(H,14,15). The van der Waals surface area contributed by atoms with Crippen LogP contribution < -0.4 is 5.32 Å². The fourth-order valence-corrected chi connectivity index (χ4v) is 2.29. The molecule has 0 aliphatic carbocycles. The molecule has 1 amide bonds. The van der Waals surface area contributed by atoms with Crippen molar-refractivity contribution in [3.8, 4) is 0 Å². The minimum absolute atomic E-state index is 0.00266. The van der Waals surface area contributed by atoms with Gasteiger partial charge in [0, 0.05) is 16.5 Å². The maximum atomic E-state index is 11.5. The molecule has 1 unspecified atom stereocenters. The van der Waals surface area contributed by atoms with Crippen LogP contribution in [0.4, 0.5) is 0 Å². The molecular formula is C11H15NO3S2. The van der Waals surface area contributed by atoms with Crippen molar-refractivity contribution in [2.24, 2.45) is 0 Å². The molecule has 0 fully saturated rings. The van der Waals surface area contributed by atoms with E-state index in [0.29, 0.717) is 23.1 Å². The lowest BCUT2D eigenvalue weighted by atomic mass is 10.3. The summed E-state index contributed by atoms with van der Waals surface area (Å²) in [6, 6.07) is 3.28. The van der Waals surface area contributed by atoms with Gasteiger partial charge in [-0.3, -0.25) is 4.79 Å².